The van der Waals surface area contributed by atoms with E-state index in [1.54, 1.807) is 18.2 Å². The SMILES string of the molecule is Cc1cccc(CC(=O)NS(=O)(=O)c2cccc(-c3nnco3)c2)c1. The van der Waals surface area contributed by atoms with Gasteiger partial charge < -0.3 is 4.42 Å². The number of aryl methyl sites for hydroxylation is 1. The number of benzene rings is 2. The first-order chi connectivity index (χ1) is 11.9. The van der Waals surface area contributed by atoms with Crippen LogP contribution in [0.25, 0.3) is 11.5 Å². The molecule has 1 N–H and O–H groups in total. The Balaban J connectivity index is 1.77. The van der Waals surface area contributed by atoms with E-state index >= 15 is 0 Å². The Hall–Kier alpha value is -3.00. The van der Waals surface area contributed by atoms with Crippen LogP contribution < -0.4 is 4.72 Å². The van der Waals surface area contributed by atoms with Crippen LogP contribution in [0.3, 0.4) is 0 Å². The monoisotopic (exact) mass is 357 g/mol. The maximum Gasteiger partial charge on any atom is 0.264 e. The van der Waals surface area contributed by atoms with Gasteiger partial charge >= 0.3 is 0 Å². The Morgan fingerprint density at radius 3 is 2.68 bits per heavy atom. The second-order valence-corrected chi connectivity index (χ2v) is 7.15. The van der Waals surface area contributed by atoms with E-state index in [-0.39, 0.29) is 17.2 Å². The van der Waals surface area contributed by atoms with Gasteiger partial charge in [0.15, 0.2) is 0 Å². The quantitative estimate of drug-likeness (QED) is 0.750. The van der Waals surface area contributed by atoms with E-state index in [4.69, 9.17) is 4.42 Å². The molecule has 1 aromatic heterocycles. The van der Waals surface area contributed by atoms with Gasteiger partial charge in [0.05, 0.1) is 11.3 Å². The fourth-order valence-corrected chi connectivity index (χ4v) is 3.38. The molecule has 0 aliphatic heterocycles. The van der Waals surface area contributed by atoms with E-state index in [9.17, 15) is 13.2 Å². The van der Waals surface area contributed by atoms with Crippen molar-refractivity contribution in [2.45, 2.75) is 18.2 Å². The van der Waals surface area contributed by atoms with Crippen molar-refractivity contribution in [3.63, 3.8) is 0 Å². The molecule has 1 amide bonds. The summed E-state index contributed by atoms with van der Waals surface area (Å²) in [4.78, 5) is 12.0. The van der Waals surface area contributed by atoms with E-state index in [1.807, 2.05) is 25.1 Å². The molecule has 0 fully saturated rings. The number of nitrogens with one attached hydrogen (secondary N) is 1. The van der Waals surface area contributed by atoms with E-state index < -0.39 is 15.9 Å². The topological polar surface area (TPSA) is 102 Å². The van der Waals surface area contributed by atoms with Crippen molar-refractivity contribution in [1.82, 2.24) is 14.9 Å². The predicted octanol–water partition coefficient (Wildman–Crippen LogP) is 2.09. The first kappa shape index (κ1) is 16.8. The highest BCUT2D eigenvalue weighted by molar-refractivity contribution is 7.90. The lowest BCUT2D eigenvalue weighted by Crippen LogP contribution is -2.31. The summed E-state index contributed by atoms with van der Waals surface area (Å²) in [5.41, 5.74) is 2.19. The average Bonchev–Trinajstić information content (AvgIpc) is 3.09. The van der Waals surface area contributed by atoms with Crippen LogP contribution in [0.15, 0.2) is 64.2 Å². The van der Waals surface area contributed by atoms with Crippen LogP contribution in [0, 0.1) is 6.92 Å². The average molecular weight is 357 g/mol. The van der Waals surface area contributed by atoms with E-state index in [0.717, 1.165) is 17.5 Å². The van der Waals surface area contributed by atoms with Crippen molar-refractivity contribution >= 4 is 15.9 Å². The van der Waals surface area contributed by atoms with Gasteiger partial charge in [0, 0.05) is 5.56 Å². The van der Waals surface area contributed by atoms with Crippen LogP contribution in [-0.2, 0) is 21.2 Å². The van der Waals surface area contributed by atoms with E-state index in [1.165, 1.54) is 12.1 Å². The van der Waals surface area contributed by atoms with Gasteiger partial charge in [0.1, 0.15) is 0 Å². The minimum Gasteiger partial charge on any atom is -0.423 e. The summed E-state index contributed by atoms with van der Waals surface area (Å²) in [5, 5.41) is 7.29. The molecule has 0 aliphatic rings. The first-order valence-electron chi connectivity index (χ1n) is 7.42. The molecule has 2 aromatic carbocycles. The summed E-state index contributed by atoms with van der Waals surface area (Å²) in [7, 11) is -3.99. The standard InChI is InChI=1S/C17H15N3O4S/c1-12-4-2-5-13(8-12)9-16(21)20-25(22,23)15-7-3-6-14(10-15)17-19-18-11-24-17/h2-8,10-11H,9H2,1H3,(H,20,21). The smallest absolute Gasteiger partial charge is 0.264 e. The van der Waals surface area contributed by atoms with Crippen molar-refractivity contribution in [3.8, 4) is 11.5 Å². The zero-order chi connectivity index (χ0) is 17.9. The number of hydrogen-bond acceptors (Lipinski definition) is 6. The largest absolute Gasteiger partial charge is 0.423 e. The van der Waals surface area contributed by atoms with Crippen LogP contribution in [0.2, 0.25) is 0 Å². The van der Waals surface area contributed by atoms with Crippen LogP contribution in [-0.4, -0.2) is 24.5 Å². The fraction of sp³-hybridized carbons (Fsp3) is 0.118. The zero-order valence-corrected chi connectivity index (χ0v) is 14.2. The molecule has 0 saturated heterocycles. The van der Waals surface area contributed by atoms with Crippen LogP contribution in [0.1, 0.15) is 11.1 Å². The molecule has 7 nitrogen and oxygen atoms in total. The number of aromatic nitrogens is 2. The summed E-state index contributed by atoms with van der Waals surface area (Å²) < 4.78 is 32.0. The van der Waals surface area contributed by atoms with Crippen molar-refractivity contribution in [3.05, 3.63) is 66.1 Å². The third-order valence-corrected chi connectivity index (χ3v) is 4.82. The van der Waals surface area contributed by atoms with Crippen molar-refractivity contribution in [1.29, 1.82) is 0 Å². The van der Waals surface area contributed by atoms with Gasteiger partial charge in [-0.3, -0.25) is 4.79 Å². The third-order valence-electron chi connectivity index (χ3n) is 3.45. The number of sulfonamides is 1. The lowest BCUT2D eigenvalue weighted by atomic mass is 10.1. The normalized spacial score (nSPS) is 11.2. The molecule has 128 valence electrons. The molecule has 8 heteroatoms. The second-order valence-electron chi connectivity index (χ2n) is 5.47. The summed E-state index contributed by atoms with van der Waals surface area (Å²) in [6.07, 6.45) is 1.13. The molecule has 0 bridgehead atoms. The summed E-state index contributed by atoms with van der Waals surface area (Å²) >= 11 is 0. The third kappa shape index (κ3) is 4.10. The molecule has 0 unspecified atom stereocenters. The van der Waals surface area contributed by atoms with Crippen LogP contribution in [0.4, 0.5) is 0 Å². The number of carbonyl (C=O) groups excluding carboxylic acids is 1. The molecular weight excluding hydrogens is 342 g/mol. The Kier molecular flexibility index (Phi) is 4.62. The Bertz CT molecular complexity index is 998. The highest BCUT2D eigenvalue weighted by atomic mass is 32.2. The summed E-state index contributed by atoms with van der Waals surface area (Å²) in [5.74, 6) is -0.406. The van der Waals surface area contributed by atoms with Gasteiger partial charge in [-0.2, -0.15) is 0 Å². The molecule has 0 spiro atoms. The highest BCUT2D eigenvalue weighted by Gasteiger charge is 2.19. The highest BCUT2D eigenvalue weighted by Crippen LogP contribution is 2.20. The Morgan fingerprint density at radius 1 is 1.16 bits per heavy atom. The number of hydrogen-bond donors (Lipinski definition) is 1. The minimum absolute atomic E-state index is 0.0236. The van der Waals surface area contributed by atoms with Crippen molar-refractivity contribution in [2.24, 2.45) is 0 Å². The van der Waals surface area contributed by atoms with E-state index in [0.29, 0.717) is 5.56 Å². The molecule has 0 radical (unpaired) electrons. The van der Waals surface area contributed by atoms with Crippen molar-refractivity contribution in [2.75, 3.05) is 0 Å². The molecule has 3 rings (SSSR count). The molecule has 0 atom stereocenters. The second kappa shape index (κ2) is 6.86. The molecular formula is C17H15N3O4S. The first-order valence-corrected chi connectivity index (χ1v) is 8.90. The predicted molar refractivity (Wildman–Crippen MR) is 89.9 cm³/mol. The van der Waals surface area contributed by atoms with Crippen LogP contribution in [0.5, 0.6) is 0 Å². The number of carbonyl (C=O) groups is 1. The van der Waals surface area contributed by atoms with Gasteiger partial charge in [-0.15, -0.1) is 10.2 Å². The maximum atomic E-state index is 12.4. The fourth-order valence-electron chi connectivity index (χ4n) is 2.35. The lowest BCUT2D eigenvalue weighted by Gasteiger charge is -2.08. The molecule has 0 saturated carbocycles. The number of rotatable bonds is 5. The summed E-state index contributed by atoms with van der Waals surface area (Å²) in [6, 6.07) is 13.3. The van der Waals surface area contributed by atoms with Gasteiger partial charge in [0.25, 0.3) is 10.0 Å². The zero-order valence-electron chi connectivity index (χ0n) is 13.3. The number of nitrogens with zero attached hydrogens (tertiary/aromatic N) is 2. The minimum atomic E-state index is -3.99. The van der Waals surface area contributed by atoms with Gasteiger partial charge in [-0.05, 0) is 30.7 Å². The van der Waals surface area contributed by atoms with Gasteiger partial charge in [-0.25, -0.2) is 13.1 Å². The van der Waals surface area contributed by atoms with Crippen molar-refractivity contribution < 1.29 is 17.6 Å². The molecule has 25 heavy (non-hydrogen) atoms. The maximum absolute atomic E-state index is 12.4. The van der Waals surface area contributed by atoms with Gasteiger partial charge in [0.2, 0.25) is 18.2 Å². The van der Waals surface area contributed by atoms with E-state index in [2.05, 4.69) is 14.9 Å². The van der Waals surface area contributed by atoms with Crippen LogP contribution >= 0.6 is 0 Å². The molecule has 3 aromatic rings. The Morgan fingerprint density at radius 2 is 1.96 bits per heavy atom. The number of amides is 1. The van der Waals surface area contributed by atoms with Gasteiger partial charge in [-0.1, -0.05) is 35.9 Å². The Labute approximate surface area is 144 Å². The lowest BCUT2D eigenvalue weighted by molar-refractivity contribution is -0.118. The molecule has 0 aliphatic carbocycles. The molecule has 1 heterocycles. The summed E-state index contributed by atoms with van der Waals surface area (Å²) in [6.45, 7) is 1.90.